The van der Waals surface area contributed by atoms with E-state index in [1.54, 1.807) is 13.2 Å². The topological polar surface area (TPSA) is 35.5 Å². The molecule has 0 N–H and O–H groups in total. The molecule has 17 heavy (non-hydrogen) atoms. The third kappa shape index (κ3) is 2.18. The molecule has 1 unspecified atom stereocenters. The van der Waals surface area contributed by atoms with Crippen molar-refractivity contribution in [2.45, 2.75) is 20.0 Å². The van der Waals surface area contributed by atoms with Crippen LogP contribution in [0.25, 0.3) is 0 Å². The van der Waals surface area contributed by atoms with Crippen molar-refractivity contribution in [2.24, 2.45) is 5.92 Å². The van der Waals surface area contributed by atoms with E-state index in [4.69, 9.17) is 9.47 Å². The van der Waals surface area contributed by atoms with Gasteiger partial charge in [0.2, 0.25) is 0 Å². The average Bonchev–Trinajstić information content (AvgIpc) is 2.64. The highest BCUT2D eigenvalue weighted by Gasteiger charge is 2.32. The molecular formula is C14H16O3. The summed E-state index contributed by atoms with van der Waals surface area (Å²) < 4.78 is 10.5. The third-order valence-corrected chi connectivity index (χ3v) is 2.69. The Labute approximate surface area is 101 Å². The Kier molecular flexibility index (Phi) is 3.18. The molecule has 2 rings (SSSR count). The van der Waals surface area contributed by atoms with Crippen LogP contribution < -0.4 is 4.74 Å². The fraction of sp³-hybridized carbons (Fsp3) is 0.357. The predicted molar refractivity (Wildman–Crippen MR) is 65.1 cm³/mol. The van der Waals surface area contributed by atoms with Crippen molar-refractivity contribution in [3.8, 4) is 5.75 Å². The number of fused-ring (bicyclic) bond motifs is 1. The fourth-order valence-electron chi connectivity index (χ4n) is 1.88. The molecular weight excluding hydrogens is 216 g/mol. The Morgan fingerprint density at radius 3 is 2.82 bits per heavy atom. The van der Waals surface area contributed by atoms with Crippen LogP contribution in [0, 0.1) is 5.92 Å². The number of cyclic esters (lactones) is 1. The summed E-state index contributed by atoms with van der Waals surface area (Å²) in [5.74, 6) is 0.701. The van der Waals surface area contributed by atoms with Gasteiger partial charge in [0.05, 0.1) is 7.11 Å². The molecule has 3 heteroatoms. The molecule has 0 saturated heterocycles. The van der Waals surface area contributed by atoms with E-state index in [1.807, 2.05) is 24.3 Å². The second-order valence-corrected chi connectivity index (χ2v) is 4.38. The third-order valence-electron chi connectivity index (χ3n) is 2.69. The number of esters is 1. The maximum Gasteiger partial charge on any atom is 0.343 e. The molecule has 1 heterocycles. The molecule has 1 aromatic carbocycles. The Morgan fingerprint density at radius 1 is 1.41 bits per heavy atom. The maximum atomic E-state index is 11.8. The molecule has 0 amide bonds. The van der Waals surface area contributed by atoms with Crippen molar-refractivity contribution < 1.29 is 14.3 Å². The number of rotatable bonds is 3. The number of benzene rings is 1. The minimum atomic E-state index is -0.309. The van der Waals surface area contributed by atoms with Crippen LogP contribution in [-0.2, 0) is 4.74 Å². The van der Waals surface area contributed by atoms with Crippen LogP contribution in [0.3, 0.4) is 0 Å². The first-order valence-corrected chi connectivity index (χ1v) is 5.69. The van der Waals surface area contributed by atoms with Crippen molar-refractivity contribution in [1.82, 2.24) is 0 Å². The lowest BCUT2D eigenvalue weighted by molar-refractivity contribution is 0.0465. The Hall–Kier alpha value is -1.77. The van der Waals surface area contributed by atoms with Crippen molar-refractivity contribution in [2.75, 3.05) is 7.11 Å². The summed E-state index contributed by atoms with van der Waals surface area (Å²) in [6.45, 7) is 4.17. The summed E-state index contributed by atoms with van der Waals surface area (Å²) >= 11 is 0. The van der Waals surface area contributed by atoms with Gasteiger partial charge in [0.1, 0.15) is 17.4 Å². The van der Waals surface area contributed by atoms with Crippen molar-refractivity contribution >= 4 is 5.97 Å². The summed E-state index contributed by atoms with van der Waals surface area (Å²) in [5.41, 5.74) is 1.43. The van der Waals surface area contributed by atoms with E-state index >= 15 is 0 Å². The van der Waals surface area contributed by atoms with Crippen LogP contribution >= 0.6 is 0 Å². The lowest BCUT2D eigenvalue weighted by atomic mass is 10.0. The van der Waals surface area contributed by atoms with E-state index in [0.717, 1.165) is 5.56 Å². The molecule has 0 aromatic heterocycles. The van der Waals surface area contributed by atoms with Crippen LogP contribution in [0.1, 0.15) is 35.9 Å². The van der Waals surface area contributed by atoms with E-state index < -0.39 is 0 Å². The van der Waals surface area contributed by atoms with Crippen LogP contribution in [0.5, 0.6) is 5.75 Å². The highest BCUT2D eigenvalue weighted by Crippen LogP contribution is 2.37. The van der Waals surface area contributed by atoms with Gasteiger partial charge in [0.15, 0.2) is 0 Å². The minimum Gasteiger partial charge on any atom is -0.496 e. The van der Waals surface area contributed by atoms with Crippen LogP contribution in [0.2, 0.25) is 0 Å². The maximum absolute atomic E-state index is 11.8. The van der Waals surface area contributed by atoms with Gasteiger partial charge in [0.25, 0.3) is 0 Å². The number of carbonyl (C=O) groups is 1. The molecule has 1 aromatic rings. The van der Waals surface area contributed by atoms with Gasteiger partial charge >= 0.3 is 5.97 Å². The van der Waals surface area contributed by atoms with Gasteiger partial charge in [0, 0.05) is 5.56 Å². The zero-order valence-electron chi connectivity index (χ0n) is 10.3. The van der Waals surface area contributed by atoms with E-state index in [9.17, 15) is 4.79 Å². The highest BCUT2D eigenvalue weighted by atomic mass is 16.6. The zero-order valence-corrected chi connectivity index (χ0v) is 10.3. The number of hydrogen-bond acceptors (Lipinski definition) is 3. The van der Waals surface area contributed by atoms with E-state index in [2.05, 4.69) is 13.8 Å². The monoisotopic (exact) mass is 232 g/mol. The van der Waals surface area contributed by atoms with Gasteiger partial charge in [-0.3, -0.25) is 0 Å². The van der Waals surface area contributed by atoms with Gasteiger partial charge in [-0.05, 0) is 18.1 Å². The van der Waals surface area contributed by atoms with E-state index in [0.29, 0.717) is 17.2 Å². The zero-order chi connectivity index (χ0) is 12.4. The number of allylic oxidation sites excluding steroid dienone is 1. The second kappa shape index (κ2) is 4.62. The summed E-state index contributed by atoms with van der Waals surface area (Å²) in [6.07, 6.45) is 3.68. The van der Waals surface area contributed by atoms with Gasteiger partial charge < -0.3 is 9.47 Å². The quantitative estimate of drug-likeness (QED) is 0.593. The van der Waals surface area contributed by atoms with Crippen molar-refractivity contribution in [1.29, 1.82) is 0 Å². The molecule has 0 radical (unpaired) electrons. The molecule has 0 saturated carbocycles. The molecule has 0 fully saturated rings. The minimum absolute atomic E-state index is 0.282. The smallest absolute Gasteiger partial charge is 0.343 e. The van der Waals surface area contributed by atoms with Crippen LogP contribution in [-0.4, -0.2) is 13.1 Å². The highest BCUT2D eigenvalue weighted by molar-refractivity contribution is 5.97. The average molecular weight is 232 g/mol. The lowest BCUT2D eigenvalue weighted by Gasteiger charge is -2.06. The molecule has 1 aliphatic heterocycles. The first-order chi connectivity index (χ1) is 8.13. The van der Waals surface area contributed by atoms with Gasteiger partial charge in [-0.25, -0.2) is 4.79 Å². The molecule has 90 valence electrons. The normalized spacial score (nSPS) is 18.6. The Morgan fingerprint density at radius 2 is 2.18 bits per heavy atom. The second-order valence-electron chi connectivity index (χ2n) is 4.38. The van der Waals surface area contributed by atoms with Crippen molar-refractivity contribution in [3.05, 3.63) is 41.5 Å². The van der Waals surface area contributed by atoms with Crippen LogP contribution in [0.4, 0.5) is 0 Å². The van der Waals surface area contributed by atoms with Crippen molar-refractivity contribution in [3.63, 3.8) is 0 Å². The molecule has 1 aliphatic rings. The molecule has 0 bridgehead atoms. The number of carbonyl (C=O) groups excluding carboxylic acids is 1. The number of methoxy groups -OCH3 is 1. The largest absolute Gasteiger partial charge is 0.496 e. The standard InChI is InChI=1S/C14H16O3/c1-9(2)7-8-11-10-5-4-6-12(16-3)13(10)14(15)17-11/h4-9,11H,1-3H3/b8-7-. The first-order valence-electron chi connectivity index (χ1n) is 5.69. The summed E-state index contributed by atoms with van der Waals surface area (Å²) in [6, 6.07) is 5.54. The predicted octanol–water partition coefficient (Wildman–Crippen LogP) is 3.12. The molecule has 0 spiro atoms. The van der Waals surface area contributed by atoms with Gasteiger partial charge in [-0.2, -0.15) is 0 Å². The lowest BCUT2D eigenvalue weighted by Crippen LogP contribution is -1.98. The summed E-state index contributed by atoms with van der Waals surface area (Å²) in [5, 5.41) is 0. The SMILES string of the molecule is COc1cccc2c1C(=O)OC2/C=C\C(C)C. The van der Waals surface area contributed by atoms with E-state index in [1.165, 1.54) is 0 Å². The fourth-order valence-corrected chi connectivity index (χ4v) is 1.88. The first kappa shape index (κ1) is 11.7. The van der Waals surface area contributed by atoms with Gasteiger partial charge in [-0.15, -0.1) is 0 Å². The Bertz CT molecular complexity index is 461. The summed E-state index contributed by atoms with van der Waals surface area (Å²) in [7, 11) is 1.56. The Balaban J connectivity index is 2.38. The number of hydrogen-bond donors (Lipinski definition) is 0. The van der Waals surface area contributed by atoms with E-state index in [-0.39, 0.29) is 12.1 Å². The summed E-state index contributed by atoms with van der Waals surface area (Å²) in [4.78, 5) is 11.8. The molecule has 1 atom stereocenters. The molecule has 3 nitrogen and oxygen atoms in total. The van der Waals surface area contributed by atoms with Crippen LogP contribution in [0.15, 0.2) is 30.4 Å². The molecule has 0 aliphatic carbocycles. The van der Waals surface area contributed by atoms with Gasteiger partial charge in [-0.1, -0.05) is 32.1 Å². The number of ether oxygens (including phenoxy) is 2.